The van der Waals surface area contributed by atoms with E-state index in [-0.39, 0.29) is 0 Å². The third-order valence-corrected chi connectivity index (χ3v) is 2.16. The van der Waals surface area contributed by atoms with Gasteiger partial charge in [-0.1, -0.05) is 20.8 Å². The molecule has 4 heteroatoms. The van der Waals surface area contributed by atoms with Crippen molar-refractivity contribution in [3.8, 4) is 5.88 Å². The Morgan fingerprint density at radius 2 is 2.19 bits per heavy atom. The van der Waals surface area contributed by atoms with Crippen LogP contribution >= 0.6 is 0 Å². The van der Waals surface area contributed by atoms with E-state index in [1.165, 1.54) is 0 Å². The largest absolute Gasteiger partial charge is 0.477 e. The first kappa shape index (κ1) is 12.9. The van der Waals surface area contributed by atoms with Gasteiger partial charge in [0.25, 0.3) is 0 Å². The van der Waals surface area contributed by atoms with Gasteiger partial charge >= 0.3 is 0 Å². The van der Waals surface area contributed by atoms with Gasteiger partial charge in [-0.25, -0.2) is 4.98 Å². The number of hydrogen-bond donors (Lipinski definition) is 1. The quantitative estimate of drug-likeness (QED) is 0.768. The number of aromatic nitrogens is 2. The number of rotatable bonds is 7. The van der Waals surface area contributed by atoms with Crippen molar-refractivity contribution in [1.29, 1.82) is 0 Å². The van der Waals surface area contributed by atoms with Gasteiger partial charge in [0.05, 0.1) is 18.5 Å². The average molecular weight is 223 g/mol. The molecule has 0 saturated heterocycles. The molecule has 4 nitrogen and oxygen atoms in total. The molecule has 0 spiro atoms. The summed E-state index contributed by atoms with van der Waals surface area (Å²) in [7, 11) is 0. The zero-order valence-corrected chi connectivity index (χ0v) is 10.4. The fourth-order valence-electron chi connectivity index (χ4n) is 1.19. The maximum absolute atomic E-state index is 5.54. The van der Waals surface area contributed by atoms with Gasteiger partial charge in [-0.05, 0) is 18.9 Å². The van der Waals surface area contributed by atoms with Gasteiger partial charge in [0, 0.05) is 12.7 Å². The van der Waals surface area contributed by atoms with E-state index in [0.717, 1.165) is 25.2 Å². The molecule has 1 N–H and O–H groups in total. The minimum atomic E-state index is 0.621. The zero-order valence-electron chi connectivity index (χ0n) is 10.4. The van der Waals surface area contributed by atoms with Gasteiger partial charge in [-0.15, -0.1) is 0 Å². The molecule has 1 heterocycles. The molecule has 0 fully saturated rings. The number of hydrogen-bond acceptors (Lipinski definition) is 4. The summed E-state index contributed by atoms with van der Waals surface area (Å²) in [5.41, 5.74) is 0.920. The summed E-state index contributed by atoms with van der Waals surface area (Å²) in [4.78, 5) is 8.47. The Labute approximate surface area is 97.5 Å². The van der Waals surface area contributed by atoms with Gasteiger partial charge in [0.2, 0.25) is 5.88 Å². The summed E-state index contributed by atoms with van der Waals surface area (Å²) in [5.74, 6) is 1.27. The number of nitrogens with one attached hydrogen (secondary N) is 1. The molecule has 1 aromatic heterocycles. The van der Waals surface area contributed by atoms with Crippen molar-refractivity contribution >= 4 is 0 Å². The lowest BCUT2D eigenvalue weighted by atomic mass is 10.1. The molecule has 0 bridgehead atoms. The molecular formula is C12H21N3O. The molecule has 0 atom stereocenters. The summed E-state index contributed by atoms with van der Waals surface area (Å²) >= 11 is 0. The van der Waals surface area contributed by atoms with Crippen LogP contribution in [0.4, 0.5) is 0 Å². The van der Waals surface area contributed by atoms with E-state index in [1.807, 2.05) is 0 Å². The highest BCUT2D eigenvalue weighted by Gasteiger charge is 2.00. The molecular weight excluding hydrogens is 202 g/mol. The molecule has 1 rings (SSSR count). The predicted octanol–water partition coefficient (Wildman–Crippen LogP) is 2.01. The molecule has 0 amide bonds. The predicted molar refractivity (Wildman–Crippen MR) is 64.4 cm³/mol. The smallest absolute Gasteiger partial charge is 0.232 e. The van der Waals surface area contributed by atoms with Crippen LogP contribution in [-0.2, 0) is 6.54 Å². The molecule has 0 aliphatic carbocycles. The standard InChI is InChI=1S/C12H21N3O/c1-4-13-7-11-8-14-9-12(15-11)16-6-5-10(2)3/h8-10,13H,4-7H2,1-3H3. The van der Waals surface area contributed by atoms with E-state index >= 15 is 0 Å². The highest BCUT2D eigenvalue weighted by molar-refractivity contribution is 5.08. The molecule has 90 valence electrons. The minimum Gasteiger partial charge on any atom is -0.477 e. The third kappa shape index (κ3) is 5.07. The Balaban J connectivity index is 2.40. The van der Waals surface area contributed by atoms with Crippen LogP contribution < -0.4 is 10.1 Å². The van der Waals surface area contributed by atoms with Crippen LogP contribution in [0.5, 0.6) is 5.88 Å². The normalized spacial score (nSPS) is 10.8. The molecule has 16 heavy (non-hydrogen) atoms. The second-order valence-corrected chi connectivity index (χ2v) is 4.16. The van der Waals surface area contributed by atoms with Crippen molar-refractivity contribution in [3.63, 3.8) is 0 Å². The fraction of sp³-hybridized carbons (Fsp3) is 0.667. The molecule has 0 saturated carbocycles. The molecule has 0 aliphatic rings. The van der Waals surface area contributed by atoms with Crippen LogP contribution in [0.2, 0.25) is 0 Å². The summed E-state index contributed by atoms with van der Waals surface area (Å²) in [6.07, 6.45) is 4.47. The summed E-state index contributed by atoms with van der Waals surface area (Å²) < 4.78 is 5.54. The maximum Gasteiger partial charge on any atom is 0.232 e. The Morgan fingerprint density at radius 1 is 1.38 bits per heavy atom. The van der Waals surface area contributed by atoms with Crippen LogP contribution in [0.1, 0.15) is 32.9 Å². The molecule has 0 unspecified atom stereocenters. The molecule has 1 aromatic rings. The van der Waals surface area contributed by atoms with Crippen molar-refractivity contribution in [2.24, 2.45) is 5.92 Å². The summed E-state index contributed by atoms with van der Waals surface area (Å²) in [6, 6.07) is 0. The molecule has 0 aliphatic heterocycles. The van der Waals surface area contributed by atoms with Crippen molar-refractivity contribution in [2.45, 2.75) is 33.7 Å². The summed E-state index contributed by atoms with van der Waals surface area (Å²) in [6.45, 7) is 8.80. The van der Waals surface area contributed by atoms with Crippen molar-refractivity contribution in [2.75, 3.05) is 13.2 Å². The van der Waals surface area contributed by atoms with Crippen molar-refractivity contribution < 1.29 is 4.74 Å². The SMILES string of the molecule is CCNCc1cncc(OCCC(C)C)n1. The number of nitrogens with zero attached hydrogens (tertiary/aromatic N) is 2. The summed E-state index contributed by atoms with van der Waals surface area (Å²) in [5, 5.41) is 3.21. The average Bonchev–Trinajstić information content (AvgIpc) is 2.26. The van der Waals surface area contributed by atoms with E-state index in [9.17, 15) is 0 Å². The first-order valence-electron chi connectivity index (χ1n) is 5.86. The van der Waals surface area contributed by atoms with Crippen LogP contribution in [-0.4, -0.2) is 23.1 Å². The number of ether oxygens (including phenoxy) is 1. The first-order chi connectivity index (χ1) is 7.72. The van der Waals surface area contributed by atoms with Gasteiger partial charge in [0.15, 0.2) is 0 Å². The second-order valence-electron chi connectivity index (χ2n) is 4.16. The highest BCUT2D eigenvalue weighted by atomic mass is 16.5. The lowest BCUT2D eigenvalue weighted by molar-refractivity contribution is 0.277. The van der Waals surface area contributed by atoms with E-state index in [0.29, 0.717) is 18.4 Å². The second kappa shape index (κ2) is 7.17. The Hall–Kier alpha value is -1.16. The topological polar surface area (TPSA) is 47.0 Å². The fourth-order valence-corrected chi connectivity index (χ4v) is 1.19. The van der Waals surface area contributed by atoms with Crippen molar-refractivity contribution in [3.05, 3.63) is 18.1 Å². The van der Waals surface area contributed by atoms with Crippen molar-refractivity contribution in [1.82, 2.24) is 15.3 Å². The van der Waals surface area contributed by atoms with E-state index in [2.05, 4.69) is 36.1 Å². The lowest BCUT2D eigenvalue weighted by Crippen LogP contribution is -2.13. The van der Waals surface area contributed by atoms with Crippen LogP contribution in [0, 0.1) is 5.92 Å². The maximum atomic E-state index is 5.54. The van der Waals surface area contributed by atoms with Crippen LogP contribution in [0.15, 0.2) is 12.4 Å². The minimum absolute atomic E-state index is 0.621. The van der Waals surface area contributed by atoms with E-state index < -0.39 is 0 Å². The molecule has 0 radical (unpaired) electrons. The molecule has 0 aromatic carbocycles. The van der Waals surface area contributed by atoms with E-state index in [4.69, 9.17) is 4.74 Å². The zero-order chi connectivity index (χ0) is 11.8. The van der Waals surface area contributed by atoms with Crippen LogP contribution in [0.3, 0.4) is 0 Å². The van der Waals surface area contributed by atoms with Gasteiger partial charge < -0.3 is 10.1 Å². The van der Waals surface area contributed by atoms with Gasteiger partial charge in [-0.3, -0.25) is 4.98 Å². The first-order valence-corrected chi connectivity index (χ1v) is 5.86. The monoisotopic (exact) mass is 223 g/mol. The van der Waals surface area contributed by atoms with Gasteiger partial charge in [0.1, 0.15) is 0 Å². The van der Waals surface area contributed by atoms with Crippen LogP contribution in [0.25, 0.3) is 0 Å². The van der Waals surface area contributed by atoms with Gasteiger partial charge in [-0.2, -0.15) is 0 Å². The Kier molecular flexibility index (Phi) is 5.78. The van der Waals surface area contributed by atoms with E-state index in [1.54, 1.807) is 12.4 Å². The lowest BCUT2D eigenvalue weighted by Gasteiger charge is -2.08. The third-order valence-electron chi connectivity index (χ3n) is 2.16. The Bertz CT molecular complexity index is 302. The Morgan fingerprint density at radius 3 is 2.88 bits per heavy atom. The highest BCUT2D eigenvalue weighted by Crippen LogP contribution is 2.07.